The number of hydrogen-bond acceptors (Lipinski definition) is 2. The van der Waals surface area contributed by atoms with E-state index >= 15 is 0 Å². The molecule has 1 amide bonds. The van der Waals surface area contributed by atoms with Crippen LogP contribution in [0.15, 0.2) is 47.1 Å². The van der Waals surface area contributed by atoms with Gasteiger partial charge in [-0.2, -0.15) is 0 Å². The van der Waals surface area contributed by atoms with E-state index in [-0.39, 0.29) is 11.9 Å². The minimum absolute atomic E-state index is 0.0956. The molecule has 3 nitrogen and oxygen atoms in total. The highest BCUT2D eigenvalue weighted by Gasteiger charge is 2.34. The fraction of sp³-hybridized carbons (Fsp3) is 0.312. The third kappa shape index (κ3) is 2.55. The Balaban J connectivity index is 1.79. The number of carbonyl (C=O) groups excluding carboxylic acids is 1. The first-order chi connectivity index (χ1) is 9.25. The number of benzene rings is 1. The van der Waals surface area contributed by atoms with E-state index in [0.29, 0.717) is 11.7 Å². The zero-order valence-electron chi connectivity index (χ0n) is 10.9. The molecule has 0 spiro atoms. The van der Waals surface area contributed by atoms with Gasteiger partial charge in [-0.3, -0.25) is 4.79 Å². The normalized spacial score (nSPS) is 16.1. The van der Waals surface area contributed by atoms with Gasteiger partial charge in [0.1, 0.15) is 0 Å². The Morgan fingerprint density at radius 2 is 2.00 bits per heavy atom. The highest BCUT2D eigenvalue weighted by atomic mass is 16.3. The Morgan fingerprint density at radius 1 is 1.26 bits per heavy atom. The lowest BCUT2D eigenvalue weighted by Crippen LogP contribution is -2.30. The van der Waals surface area contributed by atoms with Gasteiger partial charge in [0.2, 0.25) is 0 Å². The summed E-state index contributed by atoms with van der Waals surface area (Å²) in [5.41, 5.74) is 2.04. The molecular formula is C16H17NO2. The summed E-state index contributed by atoms with van der Waals surface area (Å²) in [5.74, 6) is 0.853. The summed E-state index contributed by atoms with van der Waals surface area (Å²) in [4.78, 5) is 12.2. The highest BCUT2D eigenvalue weighted by molar-refractivity contribution is 5.93. The Kier molecular flexibility index (Phi) is 3.11. The number of hydrogen-bond donors (Lipinski definition) is 1. The molecule has 0 radical (unpaired) electrons. The number of carbonyl (C=O) groups is 1. The molecule has 1 heterocycles. The SMILES string of the molecule is Cc1ccoc1C(=O)N[C@@H](c1ccccc1)C1CC1. The van der Waals surface area contributed by atoms with E-state index in [1.54, 1.807) is 6.26 Å². The van der Waals surface area contributed by atoms with E-state index in [4.69, 9.17) is 4.42 Å². The zero-order valence-corrected chi connectivity index (χ0v) is 10.9. The maximum absolute atomic E-state index is 12.2. The van der Waals surface area contributed by atoms with E-state index in [0.717, 1.165) is 5.56 Å². The average molecular weight is 255 g/mol. The first-order valence-corrected chi connectivity index (χ1v) is 6.65. The molecule has 3 heteroatoms. The first kappa shape index (κ1) is 12.0. The minimum Gasteiger partial charge on any atom is -0.459 e. The Bertz CT molecular complexity index is 569. The summed E-state index contributed by atoms with van der Waals surface area (Å²) in [6, 6.07) is 12.0. The molecule has 98 valence electrons. The number of amides is 1. The van der Waals surface area contributed by atoms with E-state index in [9.17, 15) is 4.79 Å². The van der Waals surface area contributed by atoms with Crippen LogP contribution in [0.25, 0.3) is 0 Å². The summed E-state index contributed by atoms with van der Waals surface area (Å²) in [5, 5.41) is 3.11. The lowest BCUT2D eigenvalue weighted by molar-refractivity contribution is 0.0902. The van der Waals surface area contributed by atoms with E-state index < -0.39 is 0 Å². The van der Waals surface area contributed by atoms with Crippen LogP contribution in [0.3, 0.4) is 0 Å². The predicted octanol–water partition coefficient (Wildman–Crippen LogP) is 3.47. The molecule has 0 aliphatic heterocycles. The minimum atomic E-state index is -0.122. The Labute approximate surface area is 112 Å². The van der Waals surface area contributed by atoms with Crippen molar-refractivity contribution in [2.75, 3.05) is 0 Å². The van der Waals surface area contributed by atoms with E-state index in [1.807, 2.05) is 31.2 Å². The van der Waals surface area contributed by atoms with Crippen LogP contribution in [0.4, 0.5) is 0 Å². The number of rotatable bonds is 4. The molecule has 0 bridgehead atoms. The largest absolute Gasteiger partial charge is 0.459 e. The number of nitrogens with one attached hydrogen (secondary N) is 1. The Morgan fingerprint density at radius 3 is 2.58 bits per heavy atom. The maximum Gasteiger partial charge on any atom is 0.287 e. The molecule has 3 rings (SSSR count). The first-order valence-electron chi connectivity index (χ1n) is 6.65. The summed E-state index contributed by atoms with van der Waals surface area (Å²) < 4.78 is 5.25. The average Bonchev–Trinajstić information content (AvgIpc) is 3.18. The third-order valence-corrected chi connectivity index (χ3v) is 3.61. The Hall–Kier alpha value is -2.03. The molecule has 1 atom stereocenters. The molecule has 1 aliphatic carbocycles. The summed E-state index contributed by atoms with van der Waals surface area (Å²) in [7, 11) is 0. The van der Waals surface area contributed by atoms with Crippen molar-refractivity contribution in [1.29, 1.82) is 0 Å². The van der Waals surface area contributed by atoms with Gasteiger partial charge in [0.25, 0.3) is 5.91 Å². The van der Waals surface area contributed by atoms with Crippen molar-refractivity contribution < 1.29 is 9.21 Å². The molecule has 19 heavy (non-hydrogen) atoms. The van der Waals surface area contributed by atoms with Gasteiger partial charge in [0, 0.05) is 5.56 Å². The molecule has 1 N–H and O–H groups in total. The van der Waals surface area contributed by atoms with Crippen LogP contribution < -0.4 is 5.32 Å². The third-order valence-electron chi connectivity index (χ3n) is 3.61. The van der Waals surface area contributed by atoms with Crippen LogP contribution in [0.2, 0.25) is 0 Å². The van der Waals surface area contributed by atoms with Gasteiger partial charge in [0.05, 0.1) is 12.3 Å². The van der Waals surface area contributed by atoms with Crippen LogP contribution in [0, 0.1) is 12.8 Å². The molecule has 2 aromatic rings. The fourth-order valence-corrected chi connectivity index (χ4v) is 2.38. The van der Waals surface area contributed by atoms with Gasteiger partial charge in [-0.25, -0.2) is 0 Å². The lowest BCUT2D eigenvalue weighted by Gasteiger charge is -2.18. The number of aryl methyl sites for hydroxylation is 1. The molecule has 1 aromatic carbocycles. The van der Waals surface area contributed by atoms with Crippen molar-refractivity contribution in [2.24, 2.45) is 5.92 Å². The number of furan rings is 1. The van der Waals surface area contributed by atoms with Crippen molar-refractivity contribution in [3.05, 3.63) is 59.5 Å². The molecule has 0 saturated heterocycles. The molecule has 0 unspecified atom stereocenters. The molecular weight excluding hydrogens is 238 g/mol. The van der Waals surface area contributed by atoms with Gasteiger partial charge in [0.15, 0.2) is 5.76 Å². The van der Waals surface area contributed by atoms with Crippen molar-refractivity contribution in [3.63, 3.8) is 0 Å². The second kappa shape index (κ2) is 4.92. The van der Waals surface area contributed by atoms with Gasteiger partial charge in [-0.05, 0) is 37.3 Å². The summed E-state index contributed by atoms with van der Waals surface area (Å²) in [6.07, 6.45) is 3.91. The van der Waals surface area contributed by atoms with Crippen LogP contribution in [0.5, 0.6) is 0 Å². The van der Waals surface area contributed by atoms with Crippen LogP contribution in [0.1, 0.15) is 40.6 Å². The summed E-state index contributed by atoms with van der Waals surface area (Å²) >= 11 is 0. The molecule has 1 fully saturated rings. The molecule has 1 saturated carbocycles. The van der Waals surface area contributed by atoms with Gasteiger partial charge < -0.3 is 9.73 Å². The van der Waals surface area contributed by atoms with Gasteiger partial charge in [-0.1, -0.05) is 30.3 Å². The standard InChI is InChI=1S/C16H17NO2/c1-11-9-10-19-15(11)16(18)17-14(13-7-8-13)12-5-3-2-4-6-12/h2-6,9-10,13-14H,7-8H2,1H3,(H,17,18)/t14-/m0/s1. The maximum atomic E-state index is 12.2. The predicted molar refractivity (Wildman–Crippen MR) is 72.8 cm³/mol. The van der Waals surface area contributed by atoms with Crippen LogP contribution in [-0.4, -0.2) is 5.91 Å². The smallest absolute Gasteiger partial charge is 0.287 e. The van der Waals surface area contributed by atoms with E-state index in [1.165, 1.54) is 18.4 Å². The van der Waals surface area contributed by atoms with Crippen molar-refractivity contribution in [3.8, 4) is 0 Å². The molecule has 1 aromatic heterocycles. The lowest BCUT2D eigenvalue weighted by atomic mass is 10.0. The van der Waals surface area contributed by atoms with E-state index in [2.05, 4.69) is 17.4 Å². The van der Waals surface area contributed by atoms with Crippen LogP contribution in [-0.2, 0) is 0 Å². The van der Waals surface area contributed by atoms with Gasteiger partial charge in [-0.15, -0.1) is 0 Å². The highest BCUT2D eigenvalue weighted by Crippen LogP contribution is 2.41. The molecule has 1 aliphatic rings. The fourth-order valence-electron chi connectivity index (χ4n) is 2.38. The second-order valence-electron chi connectivity index (χ2n) is 5.13. The van der Waals surface area contributed by atoms with Crippen LogP contribution >= 0.6 is 0 Å². The summed E-state index contributed by atoms with van der Waals surface area (Å²) in [6.45, 7) is 1.88. The van der Waals surface area contributed by atoms with Crippen molar-refractivity contribution >= 4 is 5.91 Å². The second-order valence-corrected chi connectivity index (χ2v) is 5.13. The van der Waals surface area contributed by atoms with Crippen molar-refractivity contribution in [1.82, 2.24) is 5.32 Å². The zero-order chi connectivity index (χ0) is 13.2. The van der Waals surface area contributed by atoms with Gasteiger partial charge >= 0.3 is 0 Å². The topological polar surface area (TPSA) is 42.2 Å². The quantitative estimate of drug-likeness (QED) is 0.909. The monoisotopic (exact) mass is 255 g/mol. The van der Waals surface area contributed by atoms with Crippen molar-refractivity contribution in [2.45, 2.75) is 25.8 Å².